The number of amides is 1. The molecule has 27 heavy (non-hydrogen) atoms. The van der Waals surface area contributed by atoms with E-state index >= 15 is 0 Å². The minimum absolute atomic E-state index is 0.0703. The zero-order chi connectivity index (χ0) is 18.8. The van der Waals surface area contributed by atoms with Gasteiger partial charge in [-0.15, -0.1) is 0 Å². The first-order valence-corrected chi connectivity index (χ1v) is 10.1. The van der Waals surface area contributed by atoms with Crippen LogP contribution in [0, 0.1) is 19.8 Å². The van der Waals surface area contributed by atoms with E-state index in [1.807, 2.05) is 30.2 Å². The summed E-state index contributed by atoms with van der Waals surface area (Å²) in [7, 11) is 0. The van der Waals surface area contributed by atoms with Gasteiger partial charge in [0, 0.05) is 37.9 Å². The van der Waals surface area contributed by atoms with E-state index in [0.717, 1.165) is 55.5 Å². The van der Waals surface area contributed by atoms with Crippen molar-refractivity contribution < 1.29 is 9.53 Å². The summed E-state index contributed by atoms with van der Waals surface area (Å²) < 4.78 is 8.14. The molecule has 2 aromatic rings. The fraction of sp³-hybridized carbons (Fsp3) is 0.545. The molecule has 4 rings (SSSR count). The molecule has 5 nitrogen and oxygen atoms in total. The van der Waals surface area contributed by atoms with Crippen LogP contribution in [0.15, 0.2) is 30.6 Å². The summed E-state index contributed by atoms with van der Waals surface area (Å²) in [6.45, 7) is 6.84. The summed E-state index contributed by atoms with van der Waals surface area (Å²) in [4.78, 5) is 19.3. The first-order valence-electron chi connectivity index (χ1n) is 10.1. The lowest BCUT2D eigenvalue weighted by atomic mass is 9.97. The Labute approximate surface area is 161 Å². The zero-order valence-corrected chi connectivity index (χ0v) is 16.4. The summed E-state index contributed by atoms with van der Waals surface area (Å²) in [6, 6.07) is 5.96. The number of hydrogen-bond acceptors (Lipinski definition) is 3. The van der Waals surface area contributed by atoms with Gasteiger partial charge in [0.15, 0.2) is 6.61 Å². The van der Waals surface area contributed by atoms with E-state index in [0.29, 0.717) is 5.92 Å². The second kappa shape index (κ2) is 7.75. The molecule has 2 fully saturated rings. The van der Waals surface area contributed by atoms with E-state index in [2.05, 4.69) is 28.7 Å². The number of piperidine rings is 1. The number of rotatable bonds is 6. The minimum atomic E-state index is 0.0703. The Balaban J connectivity index is 1.37. The molecule has 1 unspecified atom stereocenters. The highest BCUT2D eigenvalue weighted by atomic mass is 16.5. The molecule has 0 N–H and O–H groups in total. The molecular weight excluding hydrogens is 338 g/mol. The number of likely N-dealkylation sites (tertiary alicyclic amines) is 1. The summed E-state index contributed by atoms with van der Waals surface area (Å²) in [5.74, 6) is 3.18. The summed E-state index contributed by atoms with van der Waals surface area (Å²) in [5.41, 5.74) is 2.28. The van der Waals surface area contributed by atoms with Crippen LogP contribution in [-0.2, 0) is 11.3 Å². The zero-order valence-electron chi connectivity index (χ0n) is 16.4. The van der Waals surface area contributed by atoms with Crippen LogP contribution in [-0.4, -0.2) is 40.1 Å². The molecule has 0 spiro atoms. The first kappa shape index (κ1) is 18.1. The number of carbonyl (C=O) groups excluding carboxylic acids is 1. The number of aromatic nitrogens is 2. The van der Waals surface area contributed by atoms with Crippen molar-refractivity contribution in [3.8, 4) is 5.75 Å². The van der Waals surface area contributed by atoms with E-state index in [1.165, 1.54) is 18.4 Å². The Hall–Kier alpha value is -2.30. The lowest BCUT2D eigenvalue weighted by Gasteiger charge is -2.32. The number of ether oxygens (including phenoxy) is 1. The SMILES string of the molecule is Cc1cccc(OCC(=O)N2CCCC(c3nccn3CC3CC3)C2)c1C. The number of nitrogens with zero attached hydrogens (tertiary/aromatic N) is 3. The van der Waals surface area contributed by atoms with Gasteiger partial charge in [0.05, 0.1) is 0 Å². The van der Waals surface area contributed by atoms with Crippen LogP contribution >= 0.6 is 0 Å². The topological polar surface area (TPSA) is 47.4 Å². The largest absolute Gasteiger partial charge is 0.483 e. The molecule has 0 bridgehead atoms. The third kappa shape index (κ3) is 4.18. The fourth-order valence-electron chi connectivity index (χ4n) is 3.94. The quantitative estimate of drug-likeness (QED) is 0.782. The Morgan fingerprint density at radius 1 is 1.26 bits per heavy atom. The van der Waals surface area contributed by atoms with Gasteiger partial charge in [-0.2, -0.15) is 0 Å². The molecule has 144 valence electrons. The maximum Gasteiger partial charge on any atom is 0.260 e. The number of hydrogen-bond donors (Lipinski definition) is 0. The first-order chi connectivity index (χ1) is 13.1. The van der Waals surface area contributed by atoms with Crippen LogP contribution in [0.25, 0.3) is 0 Å². The van der Waals surface area contributed by atoms with Crippen molar-refractivity contribution in [2.24, 2.45) is 5.92 Å². The van der Waals surface area contributed by atoms with E-state index in [1.54, 1.807) is 0 Å². The van der Waals surface area contributed by atoms with Crippen LogP contribution in [0.1, 0.15) is 48.6 Å². The van der Waals surface area contributed by atoms with Crippen LogP contribution in [0.3, 0.4) is 0 Å². The van der Waals surface area contributed by atoms with Crippen molar-refractivity contribution in [3.05, 3.63) is 47.5 Å². The molecule has 1 saturated carbocycles. The molecule has 1 aliphatic heterocycles. The van der Waals surface area contributed by atoms with Crippen molar-refractivity contribution in [2.45, 2.75) is 52.0 Å². The van der Waals surface area contributed by atoms with Crippen LogP contribution in [0.4, 0.5) is 0 Å². The lowest BCUT2D eigenvalue weighted by molar-refractivity contribution is -0.134. The summed E-state index contributed by atoms with van der Waals surface area (Å²) in [5, 5.41) is 0. The third-order valence-corrected chi connectivity index (χ3v) is 5.94. The van der Waals surface area contributed by atoms with E-state index in [9.17, 15) is 4.79 Å². The predicted octanol–water partition coefficient (Wildman–Crippen LogP) is 3.69. The Morgan fingerprint density at radius 2 is 2.11 bits per heavy atom. The molecule has 1 saturated heterocycles. The normalized spacial score (nSPS) is 19.9. The molecule has 5 heteroatoms. The van der Waals surface area contributed by atoms with E-state index in [-0.39, 0.29) is 12.5 Å². The van der Waals surface area contributed by atoms with Crippen molar-refractivity contribution in [2.75, 3.05) is 19.7 Å². The van der Waals surface area contributed by atoms with Gasteiger partial charge in [-0.25, -0.2) is 4.98 Å². The monoisotopic (exact) mass is 367 g/mol. The second-order valence-corrected chi connectivity index (χ2v) is 8.05. The molecule has 1 aliphatic carbocycles. The smallest absolute Gasteiger partial charge is 0.260 e. The van der Waals surface area contributed by atoms with Crippen molar-refractivity contribution in [3.63, 3.8) is 0 Å². The third-order valence-electron chi connectivity index (χ3n) is 5.94. The number of aryl methyl sites for hydroxylation is 1. The molecule has 1 amide bonds. The summed E-state index contributed by atoms with van der Waals surface area (Å²) in [6.07, 6.45) is 8.80. The number of carbonyl (C=O) groups is 1. The van der Waals surface area contributed by atoms with Gasteiger partial charge >= 0.3 is 0 Å². The maximum absolute atomic E-state index is 12.7. The lowest BCUT2D eigenvalue weighted by Crippen LogP contribution is -2.42. The average molecular weight is 367 g/mol. The maximum atomic E-state index is 12.7. The molecule has 1 aromatic heterocycles. The Morgan fingerprint density at radius 3 is 2.93 bits per heavy atom. The molecular formula is C22H29N3O2. The van der Waals surface area contributed by atoms with Crippen molar-refractivity contribution in [1.82, 2.24) is 14.5 Å². The van der Waals surface area contributed by atoms with Crippen LogP contribution in [0.2, 0.25) is 0 Å². The van der Waals surface area contributed by atoms with Gasteiger partial charge in [-0.05, 0) is 62.6 Å². The van der Waals surface area contributed by atoms with Crippen LogP contribution in [0.5, 0.6) is 5.75 Å². The van der Waals surface area contributed by atoms with Gasteiger partial charge in [0.2, 0.25) is 0 Å². The molecule has 2 heterocycles. The van der Waals surface area contributed by atoms with Crippen LogP contribution < -0.4 is 4.74 Å². The van der Waals surface area contributed by atoms with Crippen molar-refractivity contribution in [1.29, 1.82) is 0 Å². The average Bonchev–Trinajstić information content (AvgIpc) is 3.37. The predicted molar refractivity (Wildman–Crippen MR) is 105 cm³/mol. The number of benzene rings is 1. The fourth-order valence-corrected chi connectivity index (χ4v) is 3.94. The minimum Gasteiger partial charge on any atom is -0.483 e. The van der Waals surface area contributed by atoms with E-state index < -0.39 is 0 Å². The van der Waals surface area contributed by atoms with Gasteiger partial charge in [0.25, 0.3) is 5.91 Å². The second-order valence-electron chi connectivity index (χ2n) is 8.05. The molecule has 2 aliphatic rings. The van der Waals surface area contributed by atoms with Crippen molar-refractivity contribution >= 4 is 5.91 Å². The van der Waals surface area contributed by atoms with E-state index in [4.69, 9.17) is 4.74 Å². The van der Waals surface area contributed by atoms with Gasteiger partial charge in [-0.3, -0.25) is 4.79 Å². The molecule has 0 radical (unpaired) electrons. The standard InChI is InChI=1S/C22H29N3O2/c1-16-5-3-7-20(17(16)2)27-15-21(26)24-11-4-6-19(14-24)22-23-10-12-25(22)13-18-8-9-18/h3,5,7,10,12,18-19H,4,6,8-9,11,13-15H2,1-2H3. The highest BCUT2D eigenvalue weighted by molar-refractivity contribution is 5.78. The Kier molecular flexibility index (Phi) is 5.19. The molecule has 1 aromatic carbocycles. The highest BCUT2D eigenvalue weighted by Gasteiger charge is 2.29. The van der Waals surface area contributed by atoms with Gasteiger partial charge in [-0.1, -0.05) is 12.1 Å². The van der Waals surface area contributed by atoms with Gasteiger partial charge < -0.3 is 14.2 Å². The molecule has 1 atom stereocenters. The Bertz CT molecular complexity index is 810. The summed E-state index contributed by atoms with van der Waals surface area (Å²) >= 11 is 0. The highest BCUT2D eigenvalue weighted by Crippen LogP contribution is 2.33. The van der Waals surface area contributed by atoms with Gasteiger partial charge in [0.1, 0.15) is 11.6 Å². The number of imidazole rings is 1.